The largest absolute Gasteiger partial charge is 0.466 e. The standard InChI is InChI=1S/C19H29N3O5.C19H29N3O4/c1-5-26-16(23)19(25)7-10-22(11-8-19)13-14-6-9-20-15(12-14)21-17(24)27-18(2,3)4;1-5-25-17(23)15-7-10-22(11-8-15)13-14-6-9-20-16(12-14)21-18(24)26-19(2,3)4/h6,9,12,25H,5,7-8,10-11,13H2,1-4H3,(H,20,21,24);6,9,12,15H,5,7-8,10-11,13H2,1-4H3,(H,20,21,24). The Bertz CT molecular complexity index is 1510. The Kier molecular flexibility index (Phi) is 16.0. The van der Waals surface area contributed by atoms with Crippen molar-refractivity contribution in [2.45, 2.75) is 111 Å². The average molecular weight is 743 g/mol. The molecular weight excluding hydrogens is 684 g/mol. The lowest BCUT2D eigenvalue weighted by Gasteiger charge is -2.36. The van der Waals surface area contributed by atoms with Crippen LogP contribution in [0.2, 0.25) is 0 Å². The summed E-state index contributed by atoms with van der Waals surface area (Å²) in [5.74, 6) is 0.269. The number of carbonyl (C=O) groups is 4. The van der Waals surface area contributed by atoms with Gasteiger partial charge in [0.25, 0.3) is 0 Å². The van der Waals surface area contributed by atoms with E-state index in [4.69, 9.17) is 18.9 Å². The Morgan fingerprint density at radius 2 is 1.19 bits per heavy atom. The van der Waals surface area contributed by atoms with Crippen LogP contribution >= 0.6 is 0 Å². The lowest BCUT2D eigenvalue weighted by molar-refractivity contribution is -0.170. The van der Waals surface area contributed by atoms with Crippen LogP contribution in [0.25, 0.3) is 0 Å². The lowest BCUT2D eigenvalue weighted by atomic mass is 9.91. The summed E-state index contributed by atoms with van der Waals surface area (Å²) in [7, 11) is 0. The molecule has 0 radical (unpaired) electrons. The van der Waals surface area contributed by atoms with Crippen molar-refractivity contribution >= 4 is 35.8 Å². The molecule has 4 rings (SSSR count). The third kappa shape index (κ3) is 15.7. The van der Waals surface area contributed by atoms with Crippen LogP contribution < -0.4 is 10.6 Å². The molecule has 2 saturated heterocycles. The minimum absolute atomic E-state index is 0.00744. The number of rotatable bonds is 10. The molecule has 15 nitrogen and oxygen atoms in total. The van der Waals surface area contributed by atoms with Crippen molar-refractivity contribution in [3.63, 3.8) is 0 Å². The average Bonchev–Trinajstić information content (AvgIpc) is 3.05. The molecular formula is C38H58N6O9. The van der Waals surface area contributed by atoms with Crippen LogP contribution in [0.15, 0.2) is 36.7 Å². The molecule has 0 aromatic carbocycles. The van der Waals surface area contributed by atoms with E-state index >= 15 is 0 Å². The molecule has 15 heteroatoms. The zero-order valence-electron chi connectivity index (χ0n) is 32.5. The Morgan fingerprint density at radius 3 is 1.60 bits per heavy atom. The smallest absolute Gasteiger partial charge is 0.413 e. The van der Waals surface area contributed by atoms with Crippen molar-refractivity contribution in [1.29, 1.82) is 0 Å². The maximum atomic E-state index is 11.9. The van der Waals surface area contributed by atoms with E-state index in [1.54, 1.807) is 46.2 Å². The summed E-state index contributed by atoms with van der Waals surface area (Å²) in [6.07, 6.45) is 4.52. The number of anilines is 2. The van der Waals surface area contributed by atoms with Gasteiger partial charge < -0.3 is 24.1 Å². The summed E-state index contributed by atoms with van der Waals surface area (Å²) in [4.78, 5) is 60.1. The van der Waals surface area contributed by atoms with Gasteiger partial charge in [0.2, 0.25) is 0 Å². The summed E-state index contributed by atoms with van der Waals surface area (Å²) in [6, 6.07) is 7.43. The number of nitrogens with zero attached hydrogens (tertiary/aromatic N) is 4. The number of ether oxygens (including phenoxy) is 4. The molecule has 53 heavy (non-hydrogen) atoms. The van der Waals surface area contributed by atoms with E-state index in [9.17, 15) is 24.3 Å². The lowest BCUT2D eigenvalue weighted by Crippen LogP contribution is -2.49. The summed E-state index contributed by atoms with van der Waals surface area (Å²) < 4.78 is 20.5. The summed E-state index contributed by atoms with van der Waals surface area (Å²) in [5.41, 5.74) is -0.497. The number of aliphatic hydroxyl groups is 1. The van der Waals surface area contributed by atoms with Gasteiger partial charge in [0, 0.05) is 38.6 Å². The highest BCUT2D eigenvalue weighted by molar-refractivity contribution is 5.84. The second-order valence-corrected chi connectivity index (χ2v) is 15.2. The fraction of sp³-hybridized carbons (Fsp3) is 0.632. The van der Waals surface area contributed by atoms with Crippen LogP contribution in [0.4, 0.5) is 21.2 Å². The molecule has 3 N–H and O–H groups in total. The highest BCUT2D eigenvalue weighted by Crippen LogP contribution is 2.25. The number of likely N-dealkylation sites (tertiary alicyclic amines) is 2. The quantitative estimate of drug-likeness (QED) is 0.205. The van der Waals surface area contributed by atoms with E-state index in [2.05, 4.69) is 30.4 Å². The van der Waals surface area contributed by atoms with Crippen LogP contribution in [0.1, 0.15) is 92.2 Å². The Morgan fingerprint density at radius 1 is 0.755 bits per heavy atom. The van der Waals surface area contributed by atoms with E-state index in [0.717, 1.165) is 43.6 Å². The zero-order chi connectivity index (χ0) is 39.2. The van der Waals surface area contributed by atoms with E-state index in [-0.39, 0.29) is 18.5 Å². The maximum absolute atomic E-state index is 11.9. The van der Waals surface area contributed by atoms with Crippen molar-refractivity contribution in [3.05, 3.63) is 47.8 Å². The SMILES string of the molecule is CCOC(=O)C1(O)CCN(Cc2ccnc(NC(=O)OC(C)(C)C)c2)CC1.CCOC(=O)C1CCN(Cc2ccnc(NC(=O)OC(C)(C)C)c2)CC1. The minimum atomic E-state index is -1.39. The first-order chi connectivity index (χ1) is 24.9. The number of carbonyl (C=O) groups excluding carboxylic acids is 4. The van der Waals surface area contributed by atoms with Gasteiger partial charge in [-0.05, 0) is 130 Å². The van der Waals surface area contributed by atoms with E-state index in [1.165, 1.54) is 0 Å². The van der Waals surface area contributed by atoms with Crippen molar-refractivity contribution < 1.29 is 43.2 Å². The van der Waals surface area contributed by atoms with Gasteiger partial charge in [-0.1, -0.05) is 0 Å². The molecule has 0 atom stereocenters. The fourth-order valence-electron chi connectivity index (χ4n) is 5.75. The van der Waals surface area contributed by atoms with Gasteiger partial charge in [0.05, 0.1) is 19.1 Å². The summed E-state index contributed by atoms with van der Waals surface area (Å²) >= 11 is 0. The van der Waals surface area contributed by atoms with Crippen LogP contribution in [-0.2, 0) is 41.6 Å². The maximum Gasteiger partial charge on any atom is 0.413 e. The zero-order valence-corrected chi connectivity index (χ0v) is 32.5. The number of nitrogens with one attached hydrogen (secondary N) is 2. The van der Waals surface area contributed by atoms with E-state index in [1.807, 2.05) is 45.9 Å². The van der Waals surface area contributed by atoms with Crippen LogP contribution in [0, 0.1) is 5.92 Å². The Hall–Kier alpha value is -4.34. The molecule has 0 aliphatic carbocycles. The van der Waals surface area contributed by atoms with Gasteiger partial charge in [0.15, 0.2) is 5.60 Å². The molecule has 2 fully saturated rings. The predicted octanol–water partition coefficient (Wildman–Crippen LogP) is 5.52. The van der Waals surface area contributed by atoms with Crippen molar-refractivity contribution in [3.8, 4) is 0 Å². The number of amides is 2. The van der Waals surface area contributed by atoms with E-state index < -0.39 is 35.0 Å². The van der Waals surface area contributed by atoms with Crippen LogP contribution in [0.5, 0.6) is 0 Å². The Labute approximate surface area is 313 Å². The predicted molar refractivity (Wildman–Crippen MR) is 199 cm³/mol. The second-order valence-electron chi connectivity index (χ2n) is 15.2. The number of esters is 2. The van der Waals surface area contributed by atoms with Crippen molar-refractivity contribution in [2.24, 2.45) is 5.92 Å². The van der Waals surface area contributed by atoms with Crippen LogP contribution in [-0.4, -0.2) is 105 Å². The van der Waals surface area contributed by atoms with Gasteiger partial charge >= 0.3 is 24.1 Å². The molecule has 0 spiro atoms. The molecule has 294 valence electrons. The minimum Gasteiger partial charge on any atom is -0.466 e. The number of aromatic nitrogens is 2. The first kappa shape index (κ1) is 43.1. The van der Waals surface area contributed by atoms with Gasteiger partial charge in [-0.25, -0.2) is 24.4 Å². The molecule has 2 aromatic rings. The summed E-state index contributed by atoms with van der Waals surface area (Å²) in [6.45, 7) is 19.3. The molecule has 0 bridgehead atoms. The molecule has 0 unspecified atom stereocenters. The van der Waals surface area contributed by atoms with E-state index in [0.29, 0.717) is 50.7 Å². The molecule has 0 saturated carbocycles. The summed E-state index contributed by atoms with van der Waals surface area (Å²) in [5, 5.41) is 15.7. The van der Waals surface area contributed by atoms with Gasteiger partial charge in [-0.2, -0.15) is 0 Å². The molecule has 2 amide bonds. The first-order valence-corrected chi connectivity index (χ1v) is 18.3. The third-order valence-corrected chi connectivity index (χ3v) is 8.27. The van der Waals surface area contributed by atoms with Gasteiger partial charge in [-0.15, -0.1) is 0 Å². The normalized spacial score (nSPS) is 16.7. The topological polar surface area (TPSA) is 182 Å². The van der Waals surface area contributed by atoms with Gasteiger partial charge in [-0.3, -0.25) is 25.2 Å². The number of hydrogen-bond acceptors (Lipinski definition) is 13. The highest BCUT2D eigenvalue weighted by atomic mass is 16.6. The Balaban J connectivity index is 0.000000286. The number of pyridine rings is 2. The second kappa shape index (κ2) is 19.7. The molecule has 2 aromatic heterocycles. The third-order valence-electron chi connectivity index (χ3n) is 8.27. The fourth-order valence-corrected chi connectivity index (χ4v) is 5.75. The molecule has 2 aliphatic rings. The molecule has 4 heterocycles. The number of piperidine rings is 2. The number of hydrogen-bond donors (Lipinski definition) is 3. The van der Waals surface area contributed by atoms with Gasteiger partial charge in [0.1, 0.15) is 22.8 Å². The van der Waals surface area contributed by atoms with Crippen LogP contribution in [0.3, 0.4) is 0 Å². The monoisotopic (exact) mass is 742 g/mol. The molecule has 2 aliphatic heterocycles. The van der Waals surface area contributed by atoms with Crippen molar-refractivity contribution in [1.82, 2.24) is 19.8 Å². The first-order valence-electron chi connectivity index (χ1n) is 18.3. The van der Waals surface area contributed by atoms with Crippen molar-refractivity contribution in [2.75, 3.05) is 50.0 Å². The highest BCUT2D eigenvalue weighted by Gasteiger charge is 2.40.